The van der Waals surface area contributed by atoms with Crippen LogP contribution in [0.15, 0.2) is 71.8 Å². The number of fused-ring (bicyclic) bond motifs is 1. The van der Waals surface area contributed by atoms with E-state index in [0.29, 0.717) is 11.5 Å². The van der Waals surface area contributed by atoms with Crippen molar-refractivity contribution in [2.45, 2.75) is 25.2 Å². The van der Waals surface area contributed by atoms with E-state index in [1.165, 1.54) is 10.4 Å². The molecular formula is C23H24N4O3S. The summed E-state index contributed by atoms with van der Waals surface area (Å²) in [5, 5.41) is 2.85. The number of hydrogen-bond acceptors (Lipinski definition) is 5. The number of hydrogen-bond donors (Lipinski definition) is 1. The molecule has 0 fully saturated rings. The van der Waals surface area contributed by atoms with Gasteiger partial charge in [0.05, 0.1) is 13.2 Å². The number of aryl methyl sites for hydroxylation is 2. The van der Waals surface area contributed by atoms with Crippen LogP contribution in [0.4, 0.5) is 17.2 Å². The van der Waals surface area contributed by atoms with Crippen molar-refractivity contribution in [2.24, 2.45) is 0 Å². The molecule has 4 rings (SSSR count). The Morgan fingerprint density at radius 1 is 1.06 bits per heavy atom. The molecule has 160 valence electrons. The van der Waals surface area contributed by atoms with Gasteiger partial charge in [0.2, 0.25) is 15.9 Å². The average Bonchev–Trinajstić information content (AvgIpc) is 2.77. The van der Waals surface area contributed by atoms with E-state index < -0.39 is 10.0 Å². The molecule has 2 heterocycles. The first-order valence-electron chi connectivity index (χ1n) is 10.1. The summed E-state index contributed by atoms with van der Waals surface area (Å²) in [4.78, 5) is 19.0. The molecule has 1 N–H and O–H groups in total. The van der Waals surface area contributed by atoms with E-state index in [2.05, 4.69) is 10.3 Å². The SMILES string of the molecule is CCc1ccccc1NC(=O)CN1CN(c2ccc(C)cc2)c2ncccc2S1(=O)=O. The summed E-state index contributed by atoms with van der Waals surface area (Å²) in [5.41, 5.74) is 3.60. The lowest BCUT2D eigenvalue weighted by Crippen LogP contribution is -2.47. The highest BCUT2D eigenvalue weighted by Crippen LogP contribution is 2.36. The minimum atomic E-state index is -3.87. The predicted octanol–water partition coefficient (Wildman–Crippen LogP) is 3.69. The summed E-state index contributed by atoms with van der Waals surface area (Å²) in [7, 11) is -3.87. The van der Waals surface area contributed by atoms with E-state index in [-0.39, 0.29) is 24.0 Å². The number of nitrogens with zero attached hydrogens (tertiary/aromatic N) is 3. The Morgan fingerprint density at radius 3 is 2.55 bits per heavy atom. The number of amides is 1. The third-order valence-corrected chi connectivity index (χ3v) is 7.06. The van der Waals surface area contributed by atoms with Gasteiger partial charge in [-0.05, 0) is 49.2 Å². The number of rotatable bonds is 5. The van der Waals surface area contributed by atoms with Gasteiger partial charge in [-0.15, -0.1) is 0 Å². The number of pyridine rings is 1. The quantitative estimate of drug-likeness (QED) is 0.660. The minimum Gasteiger partial charge on any atom is -0.325 e. The summed E-state index contributed by atoms with van der Waals surface area (Å²) in [6, 6.07) is 18.4. The van der Waals surface area contributed by atoms with Crippen molar-refractivity contribution in [3.63, 3.8) is 0 Å². The van der Waals surface area contributed by atoms with Crippen LogP contribution in [0.5, 0.6) is 0 Å². The van der Waals surface area contributed by atoms with E-state index in [0.717, 1.165) is 23.2 Å². The van der Waals surface area contributed by atoms with Crippen molar-refractivity contribution in [1.82, 2.24) is 9.29 Å². The predicted molar refractivity (Wildman–Crippen MR) is 121 cm³/mol. The number of para-hydroxylation sites is 1. The maximum Gasteiger partial charge on any atom is 0.248 e. The molecule has 1 aromatic heterocycles. The maximum absolute atomic E-state index is 13.2. The van der Waals surface area contributed by atoms with Gasteiger partial charge in [-0.3, -0.25) is 4.79 Å². The summed E-state index contributed by atoms with van der Waals surface area (Å²) < 4.78 is 27.6. The number of anilines is 3. The Hall–Kier alpha value is -3.23. The van der Waals surface area contributed by atoms with Crippen LogP contribution in [-0.2, 0) is 21.2 Å². The molecular weight excluding hydrogens is 412 g/mol. The molecule has 31 heavy (non-hydrogen) atoms. The molecule has 2 aromatic carbocycles. The first-order valence-corrected chi connectivity index (χ1v) is 11.5. The molecule has 0 unspecified atom stereocenters. The van der Waals surface area contributed by atoms with Crippen LogP contribution in [0.2, 0.25) is 0 Å². The minimum absolute atomic E-state index is 0.00173. The van der Waals surface area contributed by atoms with Gasteiger partial charge in [0, 0.05) is 17.6 Å². The first-order chi connectivity index (χ1) is 14.9. The van der Waals surface area contributed by atoms with Crippen LogP contribution >= 0.6 is 0 Å². The Kier molecular flexibility index (Phi) is 5.75. The third-order valence-electron chi connectivity index (χ3n) is 5.26. The fourth-order valence-corrected chi connectivity index (χ4v) is 5.07. The largest absolute Gasteiger partial charge is 0.325 e. The second-order valence-electron chi connectivity index (χ2n) is 7.40. The second-order valence-corrected chi connectivity index (χ2v) is 9.31. The molecule has 0 spiro atoms. The number of carbonyl (C=O) groups is 1. The van der Waals surface area contributed by atoms with Crippen LogP contribution in [-0.4, -0.2) is 36.8 Å². The van der Waals surface area contributed by atoms with Crippen molar-refractivity contribution >= 4 is 33.1 Å². The molecule has 1 aliphatic rings. The normalized spacial score (nSPS) is 15.4. The van der Waals surface area contributed by atoms with Gasteiger partial charge < -0.3 is 10.2 Å². The number of sulfonamides is 1. The Balaban J connectivity index is 1.65. The molecule has 8 heteroatoms. The molecule has 0 saturated carbocycles. The standard InChI is InChI=1S/C23H24N4O3S/c1-3-18-7-4-5-8-20(18)25-22(28)15-26-16-27(19-12-10-17(2)11-13-19)23-21(31(26,29)30)9-6-14-24-23/h4-14H,3,15-16H2,1-2H3,(H,25,28). The lowest BCUT2D eigenvalue weighted by molar-refractivity contribution is -0.116. The summed E-state index contributed by atoms with van der Waals surface area (Å²) >= 11 is 0. The van der Waals surface area contributed by atoms with E-state index in [9.17, 15) is 13.2 Å². The highest BCUT2D eigenvalue weighted by molar-refractivity contribution is 7.89. The van der Waals surface area contributed by atoms with Crippen molar-refractivity contribution in [3.05, 3.63) is 78.0 Å². The Morgan fingerprint density at radius 2 is 1.81 bits per heavy atom. The number of nitrogens with one attached hydrogen (secondary N) is 1. The zero-order chi connectivity index (χ0) is 22.0. The van der Waals surface area contributed by atoms with Crippen LogP contribution < -0.4 is 10.2 Å². The number of aromatic nitrogens is 1. The summed E-state index contributed by atoms with van der Waals surface area (Å²) in [6.45, 7) is 3.69. The highest BCUT2D eigenvalue weighted by Gasteiger charge is 2.38. The maximum atomic E-state index is 13.2. The lowest BCUT2D eigenvalue weighted by atomic mass is 10.1. The van der Waals surface area contributed by atoms with E-state index in [1.54, 1.807) is 12.3 Å². The van der Waals surface area contributed by atoms with Gasteiger partial charge in [0.1, 0.15) is 4.90 Å². The van der Waals surface area contributed by atoms with Crippen molar-refractivity contribution in [2.75, 3.05) is 23.4 Å². The fourth-order valence-electron chi connectivity index (χ4n) is 3.59. The van der Waals surface area contributed by atoms with Crippen molar-refractivity contribution in [3.8, 4) is 0 Å². The van der Waals surface area contributed by atoms with Gasteiger partial charge in [-0.1, -0.05) is 42.8 Å². The van der Waals surface area contributed by atoms with E-state index in [4.69, 9.17) is 0 Å². The summed E-state index contributed by atoms with van der Waals surface area (Å²) in [5.74, 6) is -0.0278. The molecule has 0 atom stereocenters. The van der Waals surface area contributed by atoms with Gasteiger partial charge >= 0.3 is 0 Å². The molecule has 3 aromatic rings. The molecule has 0 radical (unpaired) electrons. The van der Waals surface area contributed by atoms with Crippen LogP contribution in [0, 0.1) is 6.92 Å². The van der Waals surface area contributed by atoms with E-state index >= 15 is 0 Å². The third kappa shape index (κ3) is 4.17. The van der Waals surface area contributed by atoms with Crippen LogP contribution in [0.3, 0.4) is 0 Å². The first kappa shape index (κ1) is 21.0. The number of benzene rings is 2. The van der Waals surface area contributed by atoms with Gasteiger partial charge in [-0.2, -0.15) is 4.31 Å². The zero-order valence-electron chi connectivity index (χ0n) is 17.4. The van der Waals surface area contributed by atoms with Gasteiger partial charge in [-0.25, -0.2) is 13.4 Å². The zero-order valence-corrected chi connectivity index (χ0v) is 18.3. The monoisotopic (exact) mass is 436 g/mol. The lowest BCUT2D eigenvalue weighted by Gasteiger charge is -2.36. The van der Waals surface area contributed by atoms with Crippen molar-refractivity contribution < 1.29 is 13.2 Å². The topological polar surface area (TPSA) is 82.6 Å². The molecule has 0 bridgehead atoms. The molecule has 7 nitrogen and oxygen atoms in total. The Bertz CT molecular complexity index is 1210. The van der Waals surface area contributed by atoms with Crippen LogP contribution in [0.1, 0.15) is 18.1 Å². The molecule has 1 aliphatic heterocycles. The smallest absolute Gasteiger partial charge is 0.248 e. The molecule has 1 amide bonds. The van der Waals surface area contributed by atoms with Gasteiger partial charge in [0.15, 0.2) is 5.82 Å². The molecule has 0 aliphatic carbocycles. The highest BCUT2D eigenvalue weighted by atomic mass is 32.2. The molecule has 0 saturated heterocycles. The van der Waals surface area contributed by atoms with Gasteiger partial charge in [0.25, 0.3) is 0 Å². The summed E-state index contributed by atoms with van der Waals surface area (Å²) in [6.07, 6.45) is 2.33. The van der Waals surface area contributed by atoms with Crippen LogP contribution in [0.25, 0.3) is 0 Å². The average molecular weight is 437 g/mol. The fraction of sp³-hybridized carbons (Fsp3) is 0.217. The Labute approximate surface area is 182 Å². The van der Waals surface area contributed by atoms with Crippen molar-refractivity contribution in [1.29, 1.82) is 0 Å². The second kappa shape index (κ2) is 8.49. The number of carbonyl (C=O) groups excluding carboxylic acids is 1. The van der Waals surface area contributed by atoms with E-state index in [1.807, 2.05) is 67.3 Å².